The second-order valence-corrected chi connectivity index (χ2v) is 4.75. The smallest absolute Gasteiger partial charge is 0.256 e. The molecular formula is C16H21ClN2O3. The summed E-state index contributed by atoms with van der Waals surface area (Å²) in [4.78, 5) is 13.8. The first-order valence-corrected chi connectivity index (χ1v) is 6.91. The number of benzene rings is 1. The van der Waals surface area contributed by atoms with E-state index in [0.29, 0.717) is 31.0 Å². The van der Waals surface area contributed by atoms with Crippen molar-refractivity contribution in [3.8, 4) is 5.75 Å². The van der Waals surface area contributed by atoms with E-state index in [1.165, 1.54) is 6.26 Å². The fourth-order valence-corrected chi connectivity index (χ4v) is 1.93. The van der Waals surface area contributed by atoms with Crippen LogP contribution in [0.1, 0.15) is 22.5 Å². The van der Waals surface area contributed by atoms with E-state index >= 15 is 0 Å². The molecule has 0 aliphatic carbocycles. The van der Waals surface area contributed by atoms with Crippen molar-refractivity contribution in [2.75, 3.05) is 20.2 Å². The van der Waals surface area contributed by atoms with E-state index < -0.39 is 0 Å². The molecule has 0 radical (unpaired) electrons. The molecule has 0 fully saturated rings. The van der Waals surface area contributed by atoms with Crippen molar-refractivity contribution in [3.05, 3.63) is 54.0 Å². The molecule has 0 saturated carbocycles. The quantitative estimate of drug-likeness (QED) is 0.795. The van der Waals surface area contributed by atoms with Gasteiger partial charge >= 0.3 is 0 Å². The number of rotatable bonds is 7. The monoisotopic (exact) mass is 324 g/mol. The molecule has 1 aromatic carbocycles. The lowest BCUT2D eigenvalue weighted by Gasteiger charge is -2.16. The van der Waals surface area contributed by atoms with Gasteiger partial charge in [0.15, 0.2) is 0 Å². The second-order valence-electron chi connectivity index (χ2n) is 4.75. The van der Waals surface area contributed by atoms with Crippen molar-refractivity contribution in [3.63, 3.8) is 0 Å². The van der Waals surface area contributed by atoms with Gasteiger partial charge in [-0.2, -0.15) is 0 Å². The molecule has 5 nitrogen and oxygen atoms in total. The predicted octanol–water partition coefficient (Wildman–Crippen LogP) is 2.70. The normalized spacial score (nSPS) is 9.91. The Kier molecular flexibility index (Phi) is 7.49. The highest BCUT2D eigenvalue weighted by atomic mass is 35.5. The third-order valence-corrected chi connectivity index (χ3v) is 3.10. The number of carbonyl (C=O) groups is 1. The molecule has 0 aliphatic rings. The zero-order chi connectivity index (χ0) is 15.1. The van der Waals surface area contributed by atoms with E-state index in [2.05, 4.69) is 0 Å². The Balaban J connectivity index is 0.00000242. The lowest BCUT2D eigenvalue weighted by atomic mass is 10.2. The van der Waals surface area contributed by atoms with Crippen LogP contribution in [0, 0.1) is 0 Å². The number of nitrogens with two attached hydrogens (primary N) is 1. The Bertz CT molecular complexity index is 572. The first-order chi connectivity index (χ1) is 10.2. The van der Waals surface area contributed by atoms with Crippen LogP contribution in [0.3, 0.4) is 0 Å². The van der Waals surface area contributed by atoms with Gasteiger partial charge in [0, 0.05) is 13.6 Å². The number of hydrogen-bond donors (Lipinski definition) is 1. The molecular weight excluding hydrogens is 304 g/mol. The van der Waals surface area contributed by atoms with Gasteiger partial charge < -0.3 is 19.8 Å². The minimum atomic E-state index is -0.0711. The van der Waals surface area contributed by atoms with Gasteiger partial charge in [-0.1, -0.05) is 18.2 Å². The molecule has 22 heavy (non-hydrogen) atoms. The molecule has 6 heteroatoms. The average molecular weight is 325 g/mol. The molecule has 0 unspecified atom stereocenters. The molecule has 120 valence electrons. The van der Waals surface area contributed by atoms with Crippen LogP contribution in [-0.2, 0) is 6.54 Å². The highest BCUT2D eigenvalue weighted by Gasteiger charge is 2.14. The summed E-state index contributed by atoms with van der Waals surface area (Å²) >= 11 is 0. The zero-order valence-corrected chi connectivity index (χ0v) is 13.3. The van der Waals surface area contributed by atoms with E-state index in [-0.39, 0.29) is 18.3 Å². The average Bonchev–Trinajstić information content (AvgIpc) is 3.00. The number of para-hydroxylation sites is 1. The Morgan fingerprint density at radius 3 is 2.68 bits per heavy atom. The molecule has 1 heterocycles. The number of nitrogens with zero attached hydrogens (tertiary/aromatic N) is 1. The third-order valence-electron chi connectivity index (χ3n) is 3.10. The van der Waals surface area contributed by atoms with Gasteiger partial charge in [0.05, 0.1) is 18.7 Å². The van der Waals surface area contributed by atoms with Crippen LogP contribution in [0.15, 0.2) is 47.1 Å². The van der Waals surface area contributed by atoms with E-state index in [1.54, 1.807) is 18.0 Å². The molecule has 1 amide bonds. The Labute approximate surface area is 136 Å². The summed E-state index contributed by atoms with van der Waals surface area (Å²) in [7, 11) is 1.76. The van der Waals surface area contributed by atoms with Crippen molar-refractivity contribution in [1.82, 2.24) is 4.90 Å². The second kappa shape index (κ2) is 9.12. The van der Waals surface area contributed by atoms with Crippen LogP contribution in [-0.4, -0.2) is 31.0 Å². The minimum Gasteiger partial charge on any atom is -0.494 e. The van der Waals surface area contributed by atoms with Gasteiger partial charge in [-0.15, -0.1) is 12.4 Å². The maximum absolute atomic E-state index is 12.1. The van der Waals surface area contributed by atoms with E-state index in [4.69, 9.17) is 14.9 Å². The topological polar surface area (TPSA) is 68.7 Å². The summed E-state index contributed by atoms with van der Waals surface area (Å²) in [6.45, 7) is 1.48. The summed E-state index contributed by atoms with van der Waals surface area (Å²) in [6, 6.07) is 11.3. The fraction of sp³-hybridized carbons (Fsp3) is 0.312. The Morgan fingerprint density at radius 2 is 2.05 bits per heavy atom. The van der Waals surface area contributed by atoms with Crippen molar-refractivity contribution in [1.29, 1.82) is 0 Å². The number of hydrogen-bond acceptors (Lipinski definition) is 4. The molecule has 2 rings (SSSR count). The molecule has 2 aromatic rings. The van der Waals surface area contributed by atoms with Crippen LogP contribution >= 0.6 is 12.4 Å². The van der Waals surface area contributed by atoms with Gasteiger partial charge in [0.2, 0.25) is 0 Å². The van der Waals surface area contributed by atoms with Crippen molar-refractivity contribution in [2.45, 2.75) is 13.0 Å². The maximum atomic E-state index is 12.1. The highest BCUT2D eigenvalue weighted by Crippen LogP contribution is 2.11. The van der Waals surface area contributed by atoms with Gasteiger partial charge in [-0.05, 0) is 24.6 Å². The lowest BCUT2D eigenvalue weighted by Crippen LogP contribution is -2.28. The van der Waals surface area contributed by atoms with Gasteiger partial charge in [-0.25, -0.2) is 0 Å². The maximum Gasteiger partial charge on any atom is 0.256 e. The van der Waals surface area contributed by atoms with Crippen LogP contribution in [0.5, 0.6) is 5.75 Å². The number of furan rings is 1. The standard InChI is InChI=1S/C16H20N2O3.ClH/c1-18(16(19)13-10-15(11-17)21-12-13)8-5-9-20-14-6-3-2-4-7-14;/h2-4,6-7,10,12H,5,8-9,11,17H2,1H3;1H. The molecule has 0 saturated heterocycles. The van der Waals surface area contributed by atoms with Crippen molar-refractivity contribution < 1.29 is 13.9 Å². The first-order valence-electron chi connectivity index (χ1n) is 6.91. The highest BCUT2D eigenvalue weighted by molar-refractivity contribution is 5.93. The predicted molar refractivity (Wildman–Crippen MR) is 87.4 cm³/mol. The summed E-state index contributed by atoms with van der Waals surface area (Å²) in [5.41, 5.74) is 5.99. The molecule has 1 aromatic heterocycles. The molecule has 0 bridgehead atoms. The molecule has 0 spiro atoms. The van der Waals surface area contributed by atoms with Crippen molar-refractivity contribution >= 4 is 18.3 Å². The first kappa shape index (κ1) is 18.1. The number of ether oxygens (including phenoxy) is 1. The largest absolute Gasteiger partial charge is 0.494 e. The molecule has 0 atom stereocenters. The number of halogens is 1. The molecule has 0 aliphatic heterocycles. The minimum absolute atomic E-state index is 0. The SMILES string of the molecule is CN(CCCOc1ccccc1)C(=O)c1coc(CN)c1.Cl. The molecule has 2 N–H and O–H groups in total. The van der Waals surface area contributed by atoms with Gasteiger partial charge in [0.1, 0.15) is 17.8 Å². The van der Waals surface area contributed by atoms with E-state index in [0.717, 1.165) is 12.2 Å². The Hall–Kier alpha value is -1.98. The summed E-state index contributed by atoms with van der Waals surface area (Å²) in [5.74, 6) is 1.38. The summed E-state index contributed by atoms with van der Waals surface area (Å²) < 4.78 is 10.8. The fourth-order valence-electron chi connectivity index (χ4n) is 1.93. The van der Waals surface area contributed by atoms with Gasteiger partial charge in [-0.3, -0.25) is 4.79 Å². The van der Waals surface area contributed by atoms with Crippen LogP contribution in [0.2, 0.25) is 0 Å². The third kappa shape index (κ3) is 5.09. The van der Waals surface area contributed by atoms with Crippen LogP contribution in [0.25, 0.3) is 0 Å². The van der Waals surface area contributed by atoms with E-state index in [9.17, 15) is 4.79 Å². The van der Waals surface area contributed by atoms with Crippen molar-refractivity contribution in [2.24, 2.45) is 5.73 Å². The summed E-state index contributed by atoms with van der Waals surface area (Å²) in [5, 5.41) is 0. The van der Waals surface area contributed by atoms with Crippen LogP contribution < -0.4 is 10.5 Å². The number of amides is 1. The summed E-state index contributed by atoms with van der Waals surface area (Å²) in [6.07, 6.45) is 2.21. The lowest BCUT2D eigenvalue weighted by molar-refractivity contribution is 0.0787. The Morgan fingerprint density at radius 1 is 1.32 bits per heavy atom. The van der Waals surface area contributed by atoms with E-state index in [1.807, 2.05) is 30.3 Å². The number of carbonyl (C=O) groups excluding carboxylic acids is 1. The van der Waals surface area contributed by atoms with Gasteiger partial charge in [0.25, 0.3) is 5.91 Å². The van der Waals surface area contributed by atoms with Crippen LogP contribution in [0.4, 0.5) is 0 Å². The zero-order valence-electron chi connectivity index (χ0n) is 12.5.